The first-order chi connectivity index (χ1) is 14.5. The number of rotatable bonds is 6. The summed E-state index contributed by atoms with van der Waals surface area (Å²) in [7, 11) is 2.17. The molecule has 6 nitrogen and oxygen atoms in total. The minimum atomic E-state index is -0.771. The molecule has 1 N–H and O–H groups in total. The van der Waals surface area contributed by atoms with Gasteiger partial charge in [-0.3, -0.25) is 0 Å². The molecule has 0 radical (unpaired) electrons. The zero-order chi connectivity index (χ0) is 23.2. The summed E-state index contributed by atoms with van der Waals surface area (Å²) in [6, 6.07) is 7.05. The predicted octanol–water partition coefficient (Wildman–Crippen LogP) is 4.90. The van der Waals surface area contributed by atoms with Crippen LogP contribution >= 0.6 is 0 Å². The lowest BCUT2D eigenvalue weighted by Gasteiger charge is -2.35. The first-order valence-electron chi connectivity index (χ1n) is 11.5. The Morgan fingerprint density at radius 1 is 1.23 bits per heavy atom. The van der Waals surface area contributed by atoms with E-state index in [0.29, 0.717) is 5.75 Å². The van der Waals surface area contributed by atoms with Gasteiger partial charge >= 0.3 is 12.1 Å². The zero-order valence-electron chi connectivity index (χ0n) is 20.3. The highest BCUT2D eigenvalue weighted by molar-refractivity contribution is 5.82. The van der Waals surface area contributed by atoms with E-state index in [9.17, 15) is 9.59 Å². The fraction of sp³-hybridized carbons (Fsp3) is 0.680. The number of nitrogens with zero attached hydrogens (tertiary/aromatic N) is 1. The van der Waals surface area contributed by atoms with Gasteiger partial charge in [-0.2, -0.15) is 0 Å². The molecule has 6 heteroatoms. The Balaban J connectivity index is 2.14. The van der Waals surface area contributed by atoms with Crippen molar-refractivity contribution in [3.05, 3.63) is 29.8 Å². The second kappa shape index (κ2) is 10.5. The second-order valence-corrected chi connectivity index (χ2v) is 10.1. The van der Waals surface area contributed by atoms with Crippen LogP contribution in [0.15, 0.2) is 24.3 Å². The summed E-state index contributed by atoms with van der Waals surface area (Å²) in [6.45, 7) is 13.5. The van der Waals surface area contributed by atoms with Gasteiger partial charge in [0.15, 0.2) is 0 Å². The zero-order valence-corrected chi connectivity index (χ0v) is 20.3. The highest BCUT2D eigenvalue weighted by Crippen LogP contribution is 2.37. The number of likely N-dealkylation sites (tertiary alicyclic amines) is 1. The van der Waals surface area contributed by atoms with E-state index in [1.165, 1.54) is 18.4 Å². The van der Waals surface area contributed by atoms with Crippen LogP contribution in [-0.2, 0) is 14.9 Å². The Kier molecular flexibility index (Phi) is 8.52. The Morgan fingerprint density at radius 3 is 2.55 bits per heavy atom. The summed E-state index contributed by atoms with van der Waals surface area (Å²) < 4.78 is 11.0. The van der Waals surface area contributed by atoms with Crippen LogP contribution in [0.25, 0.3) is 0 Å². The minimum absolute atomic E-state index is 0.0536. The number of nitrogens with one attached hydrogen (secondary N) is 1. The molecule has 1 unspecified atom stereocenters. The standard InChI is InChI=1S/C25H40N2O4/c1-8-25(14-9-10-15-27(7)17-25)19-12-11-13-20(16-19)30-23(29)26-21(18(2)3)22(28)31-24(4,5)6/h11-13,16,18,21H,8-10,14-15,17H2,1-7H3,(H,26,29)/t21-,25?/m0/s1. The number of hydrogen-bond acceptors (Lipinski definition) is 5. The van der Waals surface area contributed by atoms with E-state index < -0.39 is 23.7 Å². The molecular formula is C25H40N2O4. The van der Waals surface area contributed by atoms with Gasteiger partial charge in [0, 0.05) is 12.0 Å². The number of carbonyl (C=O) groups excluding carboxylic acids is 2. The highest BCUT2D eigenvalue weighted by atomic mass is 16.6. The van der Waals surface area contributed by atoms with Gasteiger partial charge in [-0.15, -0.1) is 0 Å². The third-order valence-corrected chi connectivity index (χ3v) is 5.95. The molecule has 0 aliphatic carbocycles. The summed E-state index contributed by atoms with van der Waals surface area (Å²) >= 11 is 0. The van der Waals surface area contributed by atoms with Gasteiger partial charge in [-0.1, -0.05) is 39.3 Å². The van der Waals surface area contributed by atoms with Crippen molar-refractivity contribution in [1.82, 2.24) is 10.2 Å². The third-order valence-electron chi connectivity index (χ3n) is 5.95. The average molecular weight is 433 g/mol. The molecular weight excluding hydrogens is 392 g/mol. The molecule has 0 spiro atoms. The molecule has 0 bridgehead atoms. The van der Waals surface area contributed by atoms with Crippen LogP contribution in [0.4, 0.5) is 4.79 Å². The lowest BCUT2D eigenvalue weighted by atomic mass is 9.74. The molecule has 1 saturated heterocycles. The van der Waals surface area contributed by atoms with Gasteiger partial charge in [0.25, 0.3) is 0 Å². The maximum Gasteiger partial charge on any atom is 0.413 e. The minimum Gasteiger partial charge on any atom is -0.458 e. The maximum atomic E-state index is 12.6. The largest absolute Gasteiger partial charge is 0.458 e. The molecule has 2 atom stereocenters. The van der Waals surface area contributed by atoms with Crippen LogP contribution < -0.4 is 10.1 Å². The Hall–Kier alpha value is -2.08. The van der Waals surface area contributed by atoms with Crippen LogP contribution in [0.1, 0.15) is 72.8 Å². The molecule has 1 aliphatic heterocycles. The SMILES string of the molecule is CCC1(c2cccc(OC(=O)N[C@H](C(=O)OC(C)(C)C)C(C)C)c2)CCCCN(C)C1. The number of hydrogen-bond donors (Lipinski definition) is 1. The van der Waals surface area contributed by atoms with Crippen LogP contribution in [0.2, 0.25) is 0 Å². The molecule has 0 saturated carbocycles. The lowest BCUT2D eigenvalue weighted by Crippen LogP contribution is -2.48. The third kappa shape index (κ3) is 7.23. The predicted molar refractivity (Wildman–Crippen MR) is 123 cm³/mol. The van der Waals surface area contributed by atoms with Gasteiger partial charge in [-0.05, 0) is 77.2 Å². The second-order valence-electron chi connectivity index (χ2n) is 10.1. The van der Waals surface area contributed by atoms with E-state index in [-0.39, 0.29) is 11.3 Å². The highest BCUT2D eigenvalue weighted by Gasteiger charge is 2.34. The van der Waals surface area contributed by atoms with Crippen molar-refractivity contribution in [2.24, 2.45) is 5.92 Å². The summed E-state index contributed by atoms with van der Waals surface area (Å²) in [4.78, 5) is 27.5. The fourth-order valence-electron chi connectivity index (χ4n) is 4.26. The van der Waals surface area contributed by atoms with Crippen molar-refractivity contribution in [3.63, 3.8) is 0 Å². The lowest BCUT2D eigenvalue weighted by molar-refractivity contribution is -0.158. The first kappa shape index (κ1) is 25.2. The molecule has 1 aliphatic rings. The first-order valence-corrected chi connectivity index (χ1v) is 11.5. The molecule has 2 rings (SSSR count). The summed E-state index contributed by atoms with van der Waals surface area (Å²) in [5.74, 6) is -0.0975. The molecule has 174 valence electrons. The average Bonchev–Trinajstić information content (AvgIpc) is 2.86. The molecule has 1 aromatic carbocycles. The maximum absolute atomic E-state index is 12.6. The number of amides is 1. The van der Waals surface area contributed by atoms with E-state index in [0.717, 1.165) is 25.9 Å². The van der Waals surface area contributed by atoms with Crippen molar-refractivity contribution >= 4 is 12.1 Å². The van der Waals surface area contributed by atoms with Crippen molar-refractivity contribution < 1.29 is 19.1 Å². The normalized spacial score (nSPS) is 21.3. The van der Waals surface area contributed by atoms with Crippen molar-refractivity contribution in [2.75, 3.05) is 20.1 Å². The monoisotopic (exact) mass is 432 g/mol. The van der Waals surface area contributed by atoms with Crippen LogP contribution in [0, 0.1) is 5.92 Å². The Labute approximate surface area is 187 Å². The van der Waals surface area contributed by atoms with Crippen LogP contribution in [0.5, 0.6) is 5.75 Å². The van der Waals surface area contributed by atoms with Gasteiger partial charge < -0.3 is 19.7 Å². The van der Waals surface area contributed by atoms with Crippen molar-refractivity contribution in [1.29, 1.82) is 0 Å². The summed E-state index contributed by atoms with van der Waals surface area (Å²) in [6.07, 6.45) is 3.90. The summed E-state index contributed by atoms with van der Waals surface area (Å²) in [5.41, 5.74) is 0.629. The summed E-state index contributed by atoms with van der Waals surface area (Å²) in [5, 5.41) is 2.68. The van der Waals surface area contributed by atoms with Gasteiger partial charge in [0.05, 0.1) is 0 Å². The van der Waals surface area contributed by atoms with Gasteiger partial charge in [0.2, 0.25) is 0 Å². The number of benzene rings is 1. The van der Waals surface area contributed by atoms with Gasteiger partial charge in [0.1, 0.15) is 17.4 Å². The van der Waals surface area contributed by atoms with Gasteiger partial charge in [-0.25, -0.2) is 9.59 Å². The Bertz CT molecular complexity index is 756. The fourth-order valence-corrected chi connectivity index (χ4v) is 4.26. The van der Waals surface area contributed by atoms with Crippen molar-refractivity contribution in [3.8, 4) is 5.75 Å². The van der Waals surface area contributed by atoms with E-state index in [2.05, 4.69) is 30.3 Å². The number of carbonyl (C=O) groups is 2. The number of likely N-dealkylation sites (N-methyl/N-ethyl adjacent to an activating group) is 1. The van der Waals surface area contributed by atoms with E-state index in [1.807, 2.05) is 26.0 Å². The number of ether oxygens (including phenoxy) is 2. The Morgan fingerprint density at radius 2 is 1.94 bits per heavy atom. The molecule has 0 aromatic heterocycles. The van der Waals surface area contributed by atoms with Crippen molar-refractivity contribution in [2.45, 2.75) is 84.3 Å². The van der Waals surface area contributed by atoms with E-state index in [1.54, 1.807) is 26.8 Å². The molecule has 31 heavy (non-hydrogen) atoms. The molecule has 1 aromatic rings. The topological polar surface area (TPSA) is 67.9 Å². The van der Waals surface area contributed by atoms with Crippen LogP contribution in [-0.4, -0.2) is 48.7 Å². The van der Waals surface area contributed by atoms with E-state index >= 15 is 0 Å². The molecule has 1 amide bonds. The van der Waals surface area contributed by atoms with Crippen LogP contribution in [0.3, 0.4) is 0 Å². The number of esters is 1. The molecule has 1 fully saturated rings. The smallest absolute Gasteiger partial charge is 0.413 e. The quantitative estimate of drug-likeness (QED) is 0.647. The molecule has 1 heterocycles. The van der Waals surface area contributed by atoms with E-state index in [4.69, 9.17) is 9.47 Å².